The molecule has 1 aromatic heterocycles. The van der Waals surface area contributed by atoms with E-state index in [9.17, 15) is 9.59 Å². The minimum absolute atomic E-state index is 0.131. The number of aromatic nitrogens is 1. The van der Waals surface area contributed by atoms with Crippen molar-refractivity contribution in [1.82, 2.24) is 10.3 Å². The van der Waals surface area contributed by atoms with Crippen LogP contribution in [-0.2, 0) is 11.2 Å². The van der Waals surface area contributed by atoms with Crippen molar-refractivity contribution in [2.45, 2.75) is 20.3 Å². The summed E-state index contributed by atoms with van der Waals surface area (Å²) in [5.74, 6) is 1.24. The number of nitrogens with one attached hydrogen (secondary N) is 2. The van der Waals surface area contributed by atoms with Crippen molar-refractivity contribution in [2.75, 3.05) is 27.9 Å². The highest BCUT2D eigenvalue weighted by Gasteiger charge is 2.12. The molecule has 0 saturated heterocycles. The van der Waals surface area contributed by atoms with E-state index in [1.807, 2.05) is 32.0 Å². The fourth-order valence-corrected chi connectivity index (χ4v) is 3.50. The van der Waals surface area contributed by atoms with Crippen molar-refractivity contribution in [3.8, 4) is 17.2 Å². The van der Waals surface area contributed by atoms with E-state index in [-0.39, 0.29) is 11.5 Å². The van der Waals surface area contributed by atoms with Crippen molar-refractivity contribution in [2.24, 2.45) is 0 Å². The second kappa shape index (κ2) is 10.0. The number of benzene rings is 2. The number of aromatic amines is 1. The smallest absolute Gasteiger partial charge is 0.251 e. The Labute approximate surface area is 187 Å². The van der Waals surface area contributed by atoms with Gasteiger partial charge in [-0.25, -0.2) is 0 Å². The van der Waals surface area contributed by atoms with Gasteiger partial charge in [0.25, 0.3) is 5.56 Å². The number of pyridine rings is 1. The number of rotatable bonds is 8. The first-order valence-corrected chi connectivity index (χ1v) is 10.3. The molecule has 0 saturated carbocycles. The number of ether oxygens (including phenoxy) is 3. The lowest BCUT2D eigenvalue weighted by atomic mass is 10.0. The normalized spacial score (nSPS) is 11.0. The predicted octanol–water partition coefficient (Wildman–Crippen LogP) is 3.54. The van der Waals surface area contributed by atoms with Crippen LogP contribution in [0.1, 0.15) is 22.3 Å². The molecule has 0 aliphatic carbocycles. The number of H-pyrrole nitrogens is 1. The maximum Gasteiger partial charge on any atom is 0.251 e. The van der Waals surface area contributed by atoms with Gasteiger partial charge in [0.05, 0.1) is 26.8 Å². The molecule has 7 heteroatoms. The Morgan fingerprint density at radius 1 is 1.03 bits per heavy atom. The summed E-state index contributed by atoms with van der Waals surface area (Å²) in [5.41, 5.74) is 4.29. The Morgan fingerprint density at radius 3 is 2.34 bits per heavy atom. The minimum atomic E-state index is -0.262. The quantitative estimate of drug-likeness (QED) is 0.527. The first-order valence-electron chi connectivity index (χ1n) is 10.3. The van der Waals surface area contributed by atoms with Gasteiger partial charge in [-0.3, -0.25) is 9.59 Å². The van der Waals surface area contributed by atoms with Crippen molar-refractivity contribution >= 4 is 22.9 Å². The molecule has 2 aromatic carbocycles. The molecule has 1 amide bonds. The van der Waals surface area contributed by atoms with Crippen molar-refractivity contribution in [1.29, 1.82) is 0 Å². The summed E-state index contributed by atoms with van der Waals surface area (Å²) >= 11 is 0. The molecule has 0 aliphatic rings. The lowest BCUT2D eigenvalue weighted by Crippen LogP contribution is -2.25. The van der Waals surface area contributed by atoms with Gasteiger partial charge < -0.3 is 24.5 Å². The molecule has 3 aromatic rings. The van der Waals surface area contributed by atoms with Crippen molar-refractivity contribution < 1.29 is 19.0 Å². The molecule has 32 heavy (non-hydrogen) atoms. The lowest BCUT2D eigenvalue weighted by molar-refractivity contribution is -0.116. The van der Waals surface area contributed by atoms with Gasteiger partial charge in [0.2, 0.25) is 11.7 Å². The molecular weight excluding hydrogens is 408 g/mol. The Hall–Kier alpha value is -3.74. The van der Waals surface area contributed by atoms with Crippen LogP contribution in [0.3, 0.4) is 0 Å². The van der Waals surface area contributed by atoms with Gasteiger partial charge in [0, 0.05) is 18.2 Å². The molecular formula is C25H28N2O5. The van der Waals surface area contributed by atoms with Crippen LogP contribution in [0.25, 0.3) is 17.0 Å². The molecule has 168 valence electrons. The average Bonchev–Trinajstić information content (AvgIpc) is 2.80. The Kier molecular flexibility index (Phi) is 7.20. The van der Waals surface area contributed by atoms with Gasteiger partial charge in [-0.15, -0.1) is 0 Å². The monoisotopic (exact) mass is 436 g/mol. The van der Waals surface area contributed by atoms with E-state index in [0.717, 1.165) is 27.6 Å². The van der Waals surface area contributed by atoms with Crippen molar-refractivity contribution in [3.05, 3.63) is 69.0 Å². The van der Waals surface area contributed by atoms with E-state index in [2.05, 4.69) is 10.3 Å². The molecule has 1 heterocycles. The second-order valence-corrected chi connectivity index (χ2v) is 7.43. The van der Waals surface area contributed by atoms with E-state index in [0.29, 0.717) is 35.8 Å². The summed E-state index contributed by atoms with van der Waals surface area (Å²) in [5, 5.41) is 3.79. The van der Waals surface area contributed by atoms with Crippen LogP contribution in [0.15, 0.2) is 41.2 Å². The van der Waals surface area contributed by atoms with Gasteiger partial charge in [-0.05, 0) is 66.6 Å². The molecule has 0 fully saturated rings. The maximum atomic E-state index is 12.4. The van der Waals surface area contributed by atoms with Crippen LogP contribution in [0.2, 0.25) is 0 Å². The van der Waals surface area contributed by atoms with E-state index < -0.39 is 0 Å². The van der Waals surface area contributed by atoms with Crippen LogP contribution in [0.4, 0.5) is 0 Å². The van der Waals surface area contributed by atoms with Gasteiger partial charge in [0.1, 0.15) is 0 Å². The van der Waals surface area contributed by atoms with Crippen molar-refractivity contribution in [3.63, 3.8) is 0 Å². The zero-order valence-electron chi connectivity index (χ0n) is 19.0. The number of carbonyl (C=O) groups excluding carboxylic acids is 1. The van der Waals surface area contributed by atoms with Gasteiger partial charge in [0.15, 0.2) is 11.5 Å². The molecule has 2 N–H and O–H groups in total. The zero-order chi connectivity index (χ0) is 23.3. The van der Waals surface area contributed by atoms with Crippen LogP contribution in [0, 0.1) is 13.8 Å². The summed E-state index contributed by atoms with van der Waals surface area (Å²) < 4.78 is 15.9. The summed E-state index contributed by atoms with van der Waals surface area (Å²) in [6.07, 6.45) is 3.52. The number of methoxy groups -OCH3 is 3. The minimum Gasteiger partial charge on any atom is -0.493 e. The van der Waals surface area contributed by atoms with Crippen LogP contribution < -0.4 is 25.1 Å². The third-order valence-corrected chi connectivity index (χ3v) is 5.44. The summed E-state index contributed by atoms with van der Waals surface area (Å²) in [6.45, 7) is 4.35. The number of carbonyl (C=O) groups is 1. The SMILES string of the molecule is COc1cc(/C=C\C(=O)NCCc2cc3ccc(C)c(C)c3[nH]c2=O)cc(OC)c1OC. The molecule has 0 spiro atoms. The number of hydrogen-bond acceptors (Lipinski definition) is 5. The predicted molar refractivity (Wildman–Crippen MR) is 126 cm³/mol. The van der Waals surface area contributed by atoms with E-state index in [4.69, 9.17) is 14.2 Å². The number of fused-ring (bicyclic) bond motifs is 1. The standard InChI is InChI=1S/C25H28N2O5/c1-15-6-8-18-14-19(25(29)27-23(18)16(15)2)10-11-26-22(28)9-7-17-12-20(30-3)24(32-5)21(13-17)31-4/h6-9,12-14H,10-11H2,1-5H3,(H,26,28)(H,27,29)/b9-7-. The molecule has 0 atom stereocenters. The van der Waals surface area contributed by atoms with Gasteiger partial charge in [-0.2, -0.15) is 0 Å². The Morgan fingerprint density at radius 2 is 1.72 bits per heavy atom. The maximum absolute atomic E-state index is 12.4. The van der Waals surface area contributed by atoms with Crippen LogP contribution in [0.5, 0.6) is 17.2 Å². The molecule has 0 radical (unpaired) electrons. The van der Waals surface area contributed by atoms with E-state index in [1.165, 1.54) is 27.4 Å². The van der Waals surface area contributed by atoms with E-state index in [1.54, 1.807) is 18.2 Å². The lowest BCUT2D eigenvalue weighted by Gasteiger charge is -2.12. The number of hydrogen-bond donors (Lipinski definition) is 2. The molecule has 3 rings (SSSR count). The highest BCUT2D eigenvalue weighted by atomic mass is 16.5. The fraction of sp³-hybridized carbons (Fsp3) is 0.280. The number of aryl methyl sites for hydroxylation is 2. The first-order chi connectivity index (χ1) is 15.4. The van der Waals surface area contributed by atoms with Crippen LogP contribution in [-0.4, -0.2) is 38.8 Å². The molecule has 0 aliphatic heterocycles. The molecule has 7 nitrogen and oxygen atoms in total. The Balaban J connectivity index is 1.66. The second-order valence-electron chi connectivity index (χ2n) is 7.43. The summed E-state index contributed by atoms with van der Waals surface area (Å²) in [7, 11) is 4.61. The largest absolute Gasteiger partial charge is 0.493 e. The van der Waals surface area contributed by atoms with E-state index >= 15 is 0 Å². The molecule has 0 unspecified atom stereocenters. The third-order valence-electron chi connectivity index (χ3n) is 5.44. The number of amides is 1. The topological polar surface area (TPSA) is 89.7 Å². The third kappa shape index (κ3) is 4.94. The molecule has 0 bridgehead atoms. The summed E-state index contributed by atoms with van der Waals surface area (Å²) in [6, 6.07) is 9.43. The zero-order valence-corrected chi connectivity index (χ0v) is 19.0. The first kappa shape index (κ1) is 22.9. The fourth-order valence-electron chi connectivity index (χ4n) is 3.50. The highest BCUT2D eigenvalue weighted by Crippen LogP contribution is 2.38. The van der Waals surface area contributed by atoms with Crippen LogP contribution >= 0.6 is 0 Å². The Bertz CT molecular complexity index is 1200. The summed E-state index contributed by atoms with van der Waals surface area (Å²) in [4.78, 5) is 27.7. The average molecular weight is 437 g/mol. The highest BCUT2D eigenvalue weighted by molar-refractivity contribution is 5.92. The van der Waals surface area contributed by atoms with Gasteiger partial charge in [-0.1, -0.05) is 12.1 Å². The van der Waals surface area contributed by atoms with Gasteiger partial charge >= 0.3 is 0 Å².